The van der Waals surface area contributed by atoms with Crippen LogP contribution in [0.25, 0.3) is 0 Å². The van der Waals surface area contributed by atoms with Crippen molar-refractivity contribution in [1.82, 2.24) is 10.6 Å². The number of hydrogen-bond acceptors (Lipinski definition) is 3. The second-order valence-electron chi connectivity index (χ2n) is 6.62. The predicted molar refractivity (Wildman–Crippen MR) is 136 cm³/mol. The first-order chi connectivity index (χ1) is 14.0. The highest BCUT2D eigenvalue weighted by molar-refractivity contribution is 14.0. The number of nitrogens with zero attached hydrogens (tertiary/aromatic N) is 1. The Balaban J connectivity index is 0.00000450. The van der Waals surface area contributed by atoms with Gasteiger partial charge in [-0.25, -0.2) is 4.39 Å². The lowest BCUT2D eigenvalue weighted by atomic mass is 10.1. The number of thioether (sulfide) groups is 1. The molecule has 3 N–H and O–H groups in total. The molecule has 0 fully saturated rings. The Morgan fingerprint density at radius 1 is 1.10 bits per heavy atom. The Morgan fingerprint density at radius 2 is 1.87 bits per heavy atom. The van der Waals surface area contributed by atoms with E-state index in [9.17, 15) is 9.18 Å². The average Bonchev–Trinajstić information content (AvgIpc) is 2.70. The lowest BCUT2D eigenvalue weighted by molar-refractivity contribution is -0.116. The van der Waals surface area contributed by atoms with Gasteiger partial charge in [0.05, 0.1) is 0 Å². The van der Waals surface area contributed by atoms with Gasteiger partial charge >= 0.3 is 0 Å². The van der Waals surface area contributed by atoms with Crippen LogP contribution in [0, 0.1) is 5.82 Å². The maximum Gasteiger partial charge on any atom is 0.224 e. The number of benzene rings is 2. The number of rotatable bonds is 9. The molecule has 0 aliphatic rings. The van der Waals surface area contributed by atoms with Crippen LogP contribution >= 0.6 is 35.7 Å². The van der Waals surface area contributed by atoms with Crippen molar-refractivity contribution in [2.75, 3.05) is 18.6 Å². The summed E-state index contributed by atoms with van der Waals surface area (Å²) in [6.07, 6.45) is 3.34. The van der Waals surface area contributed by atoms with Crippen LogP contribution in [0.4, 0.5) is 10.1 Å². The summed E-state index contributed by atoms with van der Waals surface area (Å²) in [5, 5.41) is 9.46. The van der Waals surface area contributed by atoms with Gasteiger partial charge in [0.2, 0.25) is 5.91 Å². The third-order valence-electron chi connectivity index (χ3n) is 4.29. The van der Waals surface area contributed by atoms with Crippen LogP contribution in [0.5, 0.6) is 0 Å². The standard InChI is InChI=1S/C22H29FN4OS.HI/c1-4-6-21(28)27-20-8-5-7-16(11-20)13-25-22(24-2)26-14-17-9-10-19(23)12-18(17)15-29-3;/h5,7-12H,4,6,13-15H2,1-3H3,(H,27,28)(H2,24,25,26);1H. The summed E-state index contributed by atoms with van der Waals surface area (Å²) in [4.78, 5) is 16.0. The Bertz CT molecular complexity index is 848. The predicted octanol–water partition coefficient (Wildman–Crippen LogP) is 4.91. The third kappa shape index (κ3) is 8.91. The van der Waals surface area contributed by atoms with E-state index >= 15 is 0 Å². The molecule has 0 saturated heterocycles. The van der Waals surface area contributed by atoms with Crippen molar-refractivity contribution in [3.8, 4) is 0 Å². The van der Waals surface area contributed by atoms with Crippen LogP contribution in [0.3, 0.4) is 0 Å². The second kappa shape index (κ2) is 14.2. The van der Waals surface area contributed by atoms with Gasteiger partial charge in [-0.05, 0) is 53.6 Å². The molecule has 30 heavy (non-hydrogen) atoms. The van der Waals surface area contributed by atoms with Crippen molar-refractivity contribution >= 4 is 53.3 Å². The molecule has 0 saturated carbocycles. The van der Waals surface area contributed by atoms with Crippen LogP contribution < -0.4 is 16.0 Å². The zero-order chi connectivity index (χ0) is 21.1. The number of anilines is 1. The molecule has 8 heteroatoms. The Hall–Kier alpha value is -1.81. The SMILES string of the molecule is CCCC(=O)Nc1cccc(CNC(=NC)NCc2ccc(F)cc2CSC)c1.I. The summed E-state index contributed by atoms with van der Waals surface area (Å²) in [6, 6.07) is 12.6. The van der Waals surface area contributed by atoms with Gasteiger partial charge in [-0.1, -0.05) is 25.1 Å². The van der Waals surface area contributed by atoms with Gasteiger partial charge in [0, 0.05) is 38.0 Å². The van der Waals surface area contributed by atoms with E-state index in [0.29, 0.717) is 25.5 Å². The molecule has 5 nitrogen and oxygen atoms in total. The monoisotopic (exact) mass is 544 g/mol. The molecule has 0 aliphatic heterocycles. The average molecular weight is 544 g/mol. The van der Waals surface area contributed by atoms with Crippen molar-refractivity contribution in [2.45, 2.75) is 38.6 Å². The lowest BCUT2D eigenvalue weighted by Gasteiger charge is -2.15. The first-order valence-electron chi connectivity index (χ1n) is 9.65. The van der Waals surface area contributed by atoms with Crippen molar-refractivity contribution in [3.63, 3.8) is 0 Å². The molecule has 0 spiro atoms. The number of amides is 1. The van der Waals surface area contributed by atoms with E-state index < -0.39 is 0 Å². The zero-order valence-corrected chi connectivity index (χ0v) is 20.8. The summed E-state index contributed by atoms with van der Waals surface area (Å²) in [6.45, 7) is 3.11. The van der Waals surface area contributed by atoms with Gasteiger partial charge < -0.3 is 16.0 Å². The summed E-state index contributed by atoms with van der Waals surface area (Å²) in [5.74, 6) is 1.23. The van der Waals surface area contributed by atoms with Gasteiger partial charge in [0.1, 0.15) is 5.82 Å². The molecule has 1 amide bonds. The van der Waals surface area contributed by atoms with Crippen LogP contribution in [0.2, 0.25) is 0 Å². The molecule has 2 aromatic carbocycles. The number of hydrogen-bond donors (Lipinski definition) is 3. The summed E-state index contributed by atoms with van der Waals surface area (Å²) >= 11 is 1.66. The van der Waals surface area contributed by atoms with E-state index in [1.165, 1.54) is 6.07 Å². The van der Waals surface area contributed by atoms with Crippen LogP contribution in [0.1, 0.15) is 36.5 Å². The van der Waals surface area contributed by atoms with Gasteiger partial charge in [-0.2, -0.15) is 11.8 Å². The molecule has 0 atom stereocenters. The van der Waals surface area contributed by atoms with Crippen LogP contribution in [-0.2, 0) is 23.6 Å². The summed E-state index contributed by atoms with van der Waals surface area (Å²) in [7, 11) is 1.71. The number of carbonyl (C=O) groups is 1. The number of aliphatic imine (C=N–C) groups is 1. The Morgan fingerprint density at radius 3 is 2.57 bits per heavy atom. The minimum atomic E-state index is -0.216. The number of guanidine groups is 1. The number of nitrogens with one attached hydrogen (secondary N) is 3. The van der Waals surface area contributed by atoms with Crippen molar-refractivity contribution in [2.24, 2.45) is 4.99 Å². The summed E-state index contributed by atoms with van der Waals surface area (Å²) < 4.78 is 13.5. The fraction of sp³-hybridized carbons (Fsp3) is 0.364. The molecule has 0 heterocycles. The highest BCUT2D eigenvalue weighted by Crippen LogP contribution is 2.16. The quantitative estimate of drug-likeness (QED) is 0.239. The van der Waals surface area contributed by atoms with Gasteiger partial charge in [-0.15, -0.1) is 24.0 Å². The molecule has 0 aromatic heterocycles. The molecule has 2 rings (SSSR count). The molecule has 164 valence electrons. The number of halogens is 2. The fourth-order valence-electron chi connectivity index (χ4n) is 2.85. The van der Waals surface area contributed by atoms with E-state index in [0.717, 1.165) is 34.6 Å². The summed E-state index contributed by atoms with van der Waals surface area (Å²) in [5.41, 5.74) is 3.85. The molecule has 0 unspecified atom stereocenters. The normalized spacial score (nSPS) is 10.9. The van der Waals surface area contributed by atoms with Crippen LogP contribution in [0.15, 0.2) is 47.5 Å². The van der Waals surface area contributed by atoms with E-state index in [4.69, 9.17) is 0 Å². The van der Waals surface area contributed by atoms with Crippen molar-refractivity contribution in [3.05, 3.63) is 65.0 Å². The second-order valence-corrected chi connectivity index (χ2v) is 7.49. The van der Waals surface area contributed by atoms with E-state index in [1.54, 1.807) is 24.9 Å². The Kier molecular flexibility index (Phi) is 12.4. The van der Waals surface area contributed by atoms with Gasteiger partial charge in [0.15, 0.2) is 5.96 Å². The van der Waals surface area contributed by atoms with Crippen molar-refractivity contribution in [1.29, 1.82) is 0 Å². The van der Waals surface area contributed by atoms with Gasteiger partial charge in [-0.3, -0.25) is 9.79 Å². The minimum absolute atomic E-state index is 0. The van der Waals surface area contributed by atoms with Gasteiger partial charge in [0.25, 0.3) is 0 Å². The van der Waals surface area contributed by atoms with E-state index in [1.807, 2.05) is 43.5 Å². The zero-order valence-electron chi connectivity index (χ0n) is 17.6. The number of carbonyl (C=O) groups excluding carboxylic acids is 1. The van der Waals surface area contributed by atoms with Crippen LogP contribution in [-0.4, -0.2) is 25.2 Å². The maximum absolute atomic E-state index is 13.5. The molecule has 2 aromatic rings. The topological polar surface area (TPSA) is 65.5 Å². The third-order valence-corrected chi connectivity index (χ3v) is 4.89. The lowest BCUT2D eigenvalue weighted by Crippen LogP contribution is -2.36. The first kappa shape index (κ1) is 26.2. The smallest absolute Gasteiger partial charge is 0.224 e. The maximum atomic E-state index is 13.5. The largest absolute Gasteiger partial charge is 0.352 e. The molecule has 0 radical (unpaired) electrons. The molecular formula is C22H30FIN4OS. The minimum Gasteiger partial charge on any atom is -0.352 e. The molecule has 0 aliphatic carbocycles. The van der Waals surface area contributed by atoms with E-state index in [2.05, 4.69) is 20.9 Å². The van der Waals surface area contributed by atoms with E-state index in [-0.39, 0.29) is 35.7 Å². The molecular weight excluding hydrogens is 514 g/mol. The molecule has 0 bridgehead atoms. The van der Waals surface area contributed by atoms with Crippen molar-refractivity contribution < 1.29 is 9.18 Å². The first-order valence-corrected chi connectivity index (χ1v) is 11.0. The highest BCUT2D eigenvalue weighted by atomic mass is 127. The Labute approximate surface area is 199 Å². The fourth-order valence-corrected chi connectivity index (χ4v) is 3.43. The highest BCUT2D eigenvalue weighted by Gasteiger charge is 2.06.